The Balaban J connectivity index is 2.81. The van der Waals surface area contributed by atoms with Gasteiger partial charge in [-0.2, -0.15) is 0 Å². The quantitative estimate of drug-likeness (QED) is 0.496. The number of hydrogen-bond donors (Lipinski definition) is 2. The molecular weight excluding hydrogens is 279 g/mol. The number of halogens is 2. The maximum Gasteiger partial charge on any atom is 0.310 e. The van der Waals surface area contributed by atoms with Gasteiger partial charge in [-0.25, -0.2) is 0 Å². The van der Waals surface area contributed by atoms with Crippen LogP contribution in [-0.2, 0) is 16.0 Å². The number of rotatable bonds is 5. The van der Waals surface area contributed by atoms with Crippen molar-refractivity contribution in [1.82, 2.24) is 0 Å². The van der Waals surface area contributed by atoms with Gasteiger partial charge in [0, 0.05) is 11.6 Å². The molecule has 0 saturated heterocycles. The van der Waals surface area contributed by atoms with Crippen LogP contribution in [0.4, 0.5) is 0 Å². The van der Waals surface area contributed by atoms with E-state index in [0.717, 1.165) is 18.9 Å². The Morgan fingerprint density at radius 3 is 2.67 bits per heavy atom. The molecule has 0 aliphatic rings. The molecule has 1 rings (SSSR count). The minimum absolute atomic E-state index is 0.0618. The smallest absolute Gasteiger partial charge is 0.310 e. The summed E-state index contributed by atoms with van der Waals surface area (Å²) in [6.07, 6.45) is 1.45. The number of carbonyl (C=O) groups excluding carboxylic acids is 1. The zero-order chi connectivity index (χ0) is 13.7. The van der Waals surface area contributed by atoms with Gasteiger partial charge >= 0.3 is 5.97 Å². The summed E-state index contributed by atoms with van der Waals surface area (Å²) in [6.45, 7) is 2.30. The zero-order valence-electron chi connectivity index (χ0n) is 9.87. The maximum atomic E-state index is 11.5. The van der Waals surface area contributed by atoms with Crippen LogP contribution in [0.15, 0.2) is 6.07 Å². The number of phenols is 2. The summed E-state index contributed by atoms with van der Waals surface area (Å²) in [5.41, 5.74) is 0.0724. The summed E-state index contributed by atoms with van der Waals surface area (Å²) in [7, 11) is 0. The van der Waals surface area contributed by atoms with Gasteiger partial charge in [-0.15, -0.1) is 0 Å². The van der Waals surface area contributed by atoms with Crippen LogP contribution in [0.3, 0.4) is 0 Å². The highest BCUT2D eigenvalue weighted by atomic mass is 35.5. The van der Waals surface area contributed by atoms with Crippen molar-refractivity contribution < 1.29 is 19.7 Å². The SMILES string of the molecule is CCCCOC(=O)Cc1c(O)c(Cl)cc(O)c1Cl. The summed E-state index contributed by atoms with van der Waals surface area (Å²) < 4.78 is 4.94. The Morgan fingerprint density at radius 1 is 1.39 bits per heavy atom. The molecule has 18 heavy (non-hydrogen) atoms. The van der Waals surface area contributed by atoms with Gasteiger partial charge in [0.25, 0.3) is 0 Å². The molecule has 0 fully saturated rings. The standard InChI is InChI=1S/C12H14Cl2O4/c1-2-3-4-18-10(16)5-7-11(14)9(15)6-8(13)12(7)17/h6,15,17H,2-5H2,1H3. The first-order valence-corrected chi connectivity index (χ1v) is 6.27. The summed E-state index contributed by atoms with van der Waals surface area (Å²) >= 11 is 11.5. The van der Waals surface area contributed by atoms with E-state index >= 15 is 0 Å². The molecule has 0 radical (unpaired) electrons. The van der Waals surface area contributed by atoms with Crippen molar-refractivity contribution >= 4 is 29.2 Å². The van der Waals surface area contributed by atoms with Gasteiger partial charge < -0.3 is 14.9 Å². The molecule has 4 nitrogen and oxygen atoms in total. The third-order valence-electron chi connectivity index (χ3n) is 2.35. The van der Waals surface area contributed by atoms with Crippen LogP contribution < -0.4 is 0 Å². The number of unbranched alkanes of at least 4 members (excludes halogenated alkanes) is 1. The number of carbonyl (C=O) groups is 1. The van der Waals surface area contributed by atoms with Crippen LogP contribution >= 0.6 is 23.2 Å². The molecule has 100 valence electrons. The topological polar surface area (TPSA) is 66.8 Å². The molecule has 1 aromatic carbocycles. The molecule has 0 aromatic heterocycles. The molecule has 0 unspecified atom stereocenters. The van der Waals surface area contributed by atoms with Crippen LogP contribution in [-0.4, -0.2) is 22.8 Å². The number of phenolic OH excluding ortho intramolecular Hbond substituents is 2. The highest BCUT2D eigenvalue weighted by Crippen LogP contribution is 2.39. The average molecular weight is 293 g/mol. The first kappa shape index (κ1) is 14.9. The highest BCUT2D eigenvalue weighted by molar-refractivity contribution is 6.36. The van der Waals surface area contributed by atoms with Crippen molar-refractivity contribution in [2.45, 2.75) is 26.2 Å². The molecule has 0 heterocycles. The lowest BCUT2D eigenvalue weighted by Gasteiger charge is -2.10. The summed E-state index contributed by atoms with van der Waals surface area (Å²) in [5.74, 6) is -1.12. The van der Waals surface area contributed by atoms with Crippen LogP contribution in [0.2, 0.25) is 10.0 Å². The fourth-order valence-corrected chi connectivity index (χ4v) is 1.77. The first-order valence-electron chi connectivity index (χ1n) is 5.51. The molecular formula is C12H14Cl2O4. The highest BCUT2D eigenvalue weighted by Gasteiger charge is 2.18. The molecule has 0 aliphatic heterocycles. The number of aromatic hydroxyl groups is 2. The molecule has 0 atom stereocenters. The van der Waals surface area contributed by atoms with E-state index in [1.165, 1.54) is 0 Å². The predicted molar refractivity (Wildman–Crippen MR) is 69.4 cm³/mol. The third kappa shape index (κ3) is 3.68. The monoisotopic (exact) mass is 292 g/mol. The van der Waals surface area contributed by atoms with E-state index in [1.54, 1.807) is 0 Å². The Labute approximate surface area is 115 Å². The molecule has 0 saturated carbocycles. The van der Waals surface area contributed by atoms with Gasteiger partial charge in [-0.3, -0.25) is 4.79 Å². The normalized spacial score (nSPS) is 10.4. The predicted octanol–water partition coefficient (Wildman–Crippen LogP) is 3.29. The molecule has 2 N–H and O–H groups in total. The Bertz CT molecular complexity index is 420. The minimum Gasteiger partial charge on any atom is -0.506 e. The molecule has 1 aromatic rings. The van der Waals surface area contributed by atoms with E-state index in [9.17, 15) is 15.0 Å². The zero-order valence-corrected chi connectivity index (χ0v) is 11.4. The van der Waals surface area contributed by atoms with Gasteiger partial charge in [0.2, 0.25) is 0 Å². The molecule has 6 heteroatoms. The molecule has 0 aliphatic carbocycles. The fraction of sp³-hybridized carbons (Fsp3) is 0.417. The van der Waals surface area contributed by atoms with Gasteiger partial charge in [-0.05, 0) is 6.42 Å². The van der Waals surface area contributed by atoms with E-state index < -0.39 is 5.97 Å². The average Bonchev–Trinajstić information content (AvgIpc) is 2.32. The maximum absolute atomic E-state index is 11.5. The summed E-state index contributed by atoms with van der Waals surface area (Å²) in [4.78, 5) is 11.5. The summed E-state index contributed by atoms with van der Waals surface area (Å²) in [5, 5.41) is 19.0. The second kappa shape index (κ2) is 6.71. The molecule has 0 amide bonds. The largest absolute Gasteiger partial charge is 0.506 e. The number of ether oxygens (including phenoxy) is 1. The van der Waals surface area contributed by atoms with Crippen molar-refractivity contribution in [3.8, 4) is 11.5 Å². The minimum atomic E-state index is -0.526. The van der Waals surface area contributed by atoms with Gasteiger partial charge in [-0.1, -0.05) is 36.5 Å². The van der Waals surface area contributed by atoms with Crippen molar-refractivity contribution in [1.29, 1.82) is 0 Å². The van der Waals surface area contributed by atoms with E-state index in [-0.39, 0.29) is 33.5 Å². The second-order valence-corrected chi connectivity index (χ2v) is 4.55. The number of hydrogen-bond acceptors (Lipinski definition) is 4. The number of esters is 1. The van der Waals surface area contributed by atoms with Crippen molar-refractivity contribution in [2.75, 3.05) is 6.61 Å². The van der Waals surface area contributed by atoms with E-state index in [4.69, 9.17) is 27.9 Å². The third-order valence-corrected chi connectivity index (χ3v) is 3.06. The van der Waals surface area contributed by atoms with E-state index in [0.29, 0.717) is 6.61 Å². The van der Waals surface area contributed by atoms with Gasteiger partial charge in [0.05, 0.1) is 23.1 Å². The summed E-state index contributed by atoms with van der Waals surface area (Å²) in [6, 6.07) is 1.12. The van der Waals surface area contributed by atoms with Crippen LogP contribution in [0.1, 0.15) is 25.3 Å². The Morgan fingerprint density at radius 2 is 2.06 bits per heavy atom. The lowest BCUT2D eigenvalue weighted by molar-refractivity contribution is -0.142. The van der Waals surface area contributed by atoms with Gasteiger partial charge in [0.15, 0.2) is 0 Å². The molecule has 0 spiro atoms. The molecule has 0 bridgehead atoms. The van der Waals surface area contributed by atoms with Crippen LogP contribution in [0.5, 0.6) is 11.5 Å². The van der Waals surface area contributed by atoms with E-state index in [2.05, 4.69) is 0 Å². The van der Waals surface area contributed by atoms with Crippen molar-refractivity contribution in [3.63, 3.8) is 0 Å². The Hall–Kier alpha value is -1.13. The van der Waals surface area contributed by atoms with Gasteiger partial charge in [0.1, 0.15) is 11.5 Å². The first-order chi connectivity index (χ1) is 8.47. The lowest BCUT2D eigenvalue weighted by atomic mass is 10.1. The van der Waals surface area contributed by atoms with Crippen molar-refractivity contribution in [2.24, 2.45) is 0 Å². The van der Waals surface area contributed by atoms with Crippen molar-refractivity contribution in [3.05, 3.63) is 21.7 Å². The second-order valence-electron chi connectivity index (χ2n) is 3.77. The number of benzene rings is 1. The van der Waals surface area contributed by atoms with E-state index in [1.807, 2.05) is 6.92 Å². The van der Waals surface area contributed by atoms with Crippen LogP contribution in [0, 0.1) is 0 Å². The lowest BCUT2D eigenvalue weighted by Crippen LogP contribution is -2.09. The fourth-order valence-electron chi connectivity index (χ4n) is 1.34. The Kier molecular flexibility index (Phi) is 5.56. The van der Waals surface area contributed by atoms with Crippen LogP contribution in [0.25, 0.3) is 0 Å².